The molecule has 31 heavy (non-hydrogen) atoms. The molecule has 0 atom stereocenters. The first-order valence-corrected chi connectivity index (χ1v) is 11.5. The molecular weight excluding hydrogens is 386 g/mol. The molecule has 0 aliphatic heterocycles. The van der Waals surface area contributed by atoms with Crippen molar-refractivity contribution in [3.8, 4) is 0 Å². The Labute approximate surface area is 189 Å². The molecule has 1 aromatic carbocycles. The molecule has 3 N–H and O–H groups in total. The lowest BCUT2D eigenvalue weighted by Crippen LogP contribution is -2.30. The van der Waals surface area contributed by atoms with Crippen molar-refractivity contribution >= 4 is 11.6 Å². The van der Waals surface area contributed by atoms with Crippen LogP contribution in [0.1, 0.15) is 57.8 Å². The van der Waals surface area contributed by atoms with Crippen molar-refractivity contribution in [3.63, 3.8) is 0 Å². The van der Waals surface area contributed by atoms with Crippen molar-refractivity contribution in [2.45, 2.75) is 57.8 Å². The summed E-state index contributed by atoms with van der Waals surface area (Å²) in [6.45, 7) is 9.69. The molecule has 5 heteroatoms. The largest absolute Gasteiger partial charge is 0.384 e. The number of ether oxygens (including phenoxy) is 1. The predicted molar refractivity (Wildman–Crippen MR) is 132 cm³/mol. The SMILES string of the molecule is C=C(COCCCCCCC/C=C\CCCCNC(=O)C(=C)NC)Nc1ccccc1. The summed E-state index contributed by atoms with van der Waals surface area (Å²) in [7, 11) is 1.70. The van der Waals surface area contributed by atoms with E-state index in [0.717, 1.165) is 50.1 Å². The van der Waals surface area contributed by atoms with Gasteiger partial charge in [-0.1, -0.05) is 62.8 Å². The molecule has 0 fully saturated rings. The van der Waals surface area contributed by atoms with Gasteiger partial charge in [-0.05, 0) is 50.7 Å². The number of hydrogen-bond donors (Lipinski definition) is 3. The minimum atomic E-state index is -0.116. The van der Waals surface area contributed by atoms with Crippen LogP contribution in [0.25, 0.3) is 0 Å². The van der Waals surface area contributed by atoms with Crippen LogP contribution in [0.4, 0.5) is 5.69 Å². The maximum absolute atomic E-state index is 11.5. The number of likely N-dealkylation sites (N-methyl/N-ethyl adjacent to an activating group) is 1. The maximum atomic E-state index is 11.5. The standard InChI is InChI=1S/C26H41N3O2/c1-23(29-25-18-14-13-15-19-25)22-31-21-17-12-10-8-6-4-5-7-9-11-16-20-28-26(30)24(2)27-3/h5,7,13-15,18-19,27,29H,1-2,4,6,8-12,16-17,20-22H2,3H3,(H,28,30)/b7-5-. The average molecular weight is 428 g/mol. The van der Waals surface area contributed by atoms with Crippen LogP contribution in [0.2, 0.25) is 0 Å². The number of amides is 1. The molecule has 0 unspecified atom stereocenters. The fourth-order valence-corrected chi connectivity index (χ4v) is 3.00. The molecule has 0 saturated heterocycles. The van der Waals surface area contributed by atoms with Gasteiger partial charge in [0.25, 0.3) is 5.91 Å². The van der Waals surface area contributed by atoms with Crippen LogP contribution >= 0.6 is 0 Å². The molecule has 1 amide bonds. The van der Waals surface area contributed by atoms with Crippen LogP contribution in [-0.4, -0.2) is 32.7 Å². The van der Waals surface area contributed by atoms with Gasteiger partial charge in [-0.25, -0.2) is 0 Å². The number of rotatable bonds is 19. The smallest absolute Gasteiger partial charge is 0.266 e. The predicted octanol–water partition coefficient (Wildman–Crippen LogP) is 5.55. The van der Waals surface area contributed by atoms with E-state index in [2.05, 4.69) is 41.3 Å². The number of allylic oxidation sites excluding steroid dienone is 2. The normalized spacial score (nSPS) is 10.7. The number of para-hydroxylation sites is 1. The first-order chi connectivity index (χ1) is 15.1. The van der Waals surface area contributed by atoms with Crippen molar-refractivity contribution < 1.29 is 9.53 Å². The number of carbonyl (C=O) groups excluding carboxylic acids is 1. The summed E-state index contributed by atoms with van der Waals surface area (Å²) in [5.74, 6) is -0.116. The van der Waals surface area contributed by atoms with Crippen molar-refractivity contribution in [1.82, 2.24) is 10.6 Å². The topological polar surface area (TPSA) is 62.4 Å². The first kappa shape index (κ1) is 26.5. The molecule has 0 heterocycles. The Morgan fingerprint density at radius 3 is 2.29 bits per heavy atom. The monoisotopic (exact) mass is 427 g/mol. The van der Waals surface area contributed by atoms with Gasteiger partial charge in [0.2, 0.25) is 0 Å². The Balaban J connectivity index is 1.82. The van der Waals surface area contributed by atoms with E-state index in [0.29, 0.717) is 18.8 Å². The zero-order valence-corrected chi connectivity index (χ0v) is 19.3. The summed E-state index contributed by atoms with van der Waals surface area (Å²) in [5, 5.41) is 8.85. The van der Waals surface area contributed by atoms with E-state index in [4.69, 9.17) is 4.74 Å². The number of hydrogen-bond acceptors (Lipinski definition) is 4. The number of carbonyl (C=O) groups is 1. The summed E-state index contributed by atoms with van der Waals surface area (Å²) in [6, 6.07) is 10.0. The Kier molecular flexibility index (Phi) is 15.6. The Hall–Kier alpha value is -2.53. The van der Waals surface area contributed by atoms with Crippen LogP contribution in [-0.2, 0) is 9.53 Å². The fraction of sp³-hybridized carbons (Fsp3) is 0.500. The van der Waals surface area contributed by atoms with Gasteiger partial charge in [-0.15, -0.1) is 0 Å². The molecule has 0 radical (unpaired) electrons. The molecule has 172 valence electrons. The summed E-state index contributed by atoms with van der Waals surface area (Å²) < 4.78 is 5.69. The second kappa shape index (κ2) is 18.3. The van der Waals surface area contributed by atoms with Crippen LogP contribution in [0, 0.1) is 0 Å². The van der Waals surface area contributed by atoms with Crippen molar-refractivity contribution in [2.75, 3.05) is 32.1 Å². The molecule has 0 saturated carbocycles. The van der Waals surface area contributed by atoms with Crippen LogP contribution in [0.15, 0.2) is 67.0 Å². The number of unbranched alkanes of at least 4 members (excludes halogenated alkanes) is 7. The van der Waals surface area contributed by atoms with Gasteiger partial charge in [-0.3, -0.25) is 4.79 Å². The highest BCUT2D eigenvalue weighted by Gasteiger charge is 2.02. The van der Waals surface area contributed by atoms with Gasteiger partial charge in [0.1, 0.15) is 0 Å². The second-order valence-corrected chi connectivity index (χ2v) is 7.66. The molecule has 0 aliphatic rings. The summed E-state index contributed by atoms with van der Waals surface area (Å²) in [4.78, 5) is 11.5. The Bertz CT molecular complexity index is 656. The second-order valence-electron chi connectivity index (χ2n) is 7.66. The lowest BCUT2D eigenvalue weighted by molar-refractivity contribution is -0.117. The Morgan fingerprint density at radius 2 is 1.58 bits per heavy atom. The molecule has 0 bridgehead atoms. The lowest BCUT2D eigenvalue weighted by atomic mass is 10.1. The highest BCUT2D eigenvalue weighted by molar-refractivity contribution is 5.91. The van der Waals surface area contributed by atoms with E-state index in [9.17, 15) is 4.79 Å². The molecule has 1 rings (SSSR count). The van der Waals surface area contributed by atoms with Gasteiger partial charge >= 0.3 is 0 Å². The van der Waals surface area contributed by atoms with E-state index in [1.165, 1.54) is 25.7 Å². The van der Waals surface area contributed by atoms with E-state index < -0.39 is 0 Å². The van der Waals surface area contributed by atoms with E-state index in [-0.39, 0.29) is 5.91 Å². The van der Waals surface area contributed by atoms with Crippen LogP contribution in [0.5, 0.6) is 0 Å². The molecular formula is C26H41N3O2. The van der Waals surface area contributed by atoms with Gasteiger partial charge in [0.05, 0.1) is 12.3 Å². The molecule has 1 aromatic rings. The fourth-order valence-electron chi connectivity index (χ4n) is 3.00. The van der Waals surface area contributed by atoms with Crippen LogP contribution < -0.4 is 16.0 Å². The summed E-state index contributed by atoms with van der Waals surface area (Å²) in [5.41, 5.74) is 2.35. The summed E-state index contributed by atoms with van der Waals surface area (Å²) in [6.07, 6.45) is 15.0. The van der Waals surface area contributed by atoms with E-state index in [1.807, 2.05) is 30.3 Å². The van der Waals surface area contributed by atoms with Gasteiger partial charge < -0.3 is 20.7 Å². The lowest BCUT2D eigenvalue weighted by Gasteiger charge is -2.10. The highest BCUT2D eigenvalue weighted by atomic mass is 16.5. The molecule has 0 aromatic heterocycles. The van der Waals surface area contributed by atoms with E-state index in [1.54, 1.807) is 7.05 Å². The first-order valence-electron chi connectivity index (χ1n) is 11.5. The minimum Gasteiger partial charge on any atom is -0.384 e. The van der Waals surface area contributed by atoms with Crippen molar-refractivity contribution in [3.05, 3.63) is 67.0 Å². The third kappa shape index (κ3) is 15.0. The van der Waals surface area contributed by atoms with Gasteiger partial charge in [-0.2, -0.15) is 0 Å². The minimum absolute atomic E-state index is 0.116. The van der Waals surface area contributed by atoms with E-state index >= 15 is 0 Å². The van der Waals surface area contributed by atoms with Crippen molar-refractivity contribution in [1.29, 1.82) is 0 Å². The Morgan fingerprint density at radius 1 is 0.935 bits per heavy atom. The number of anilines is 1. The zero-order valence-electron chi connectivity index (χ0n) is 19.3. The van der Waals surface area contributed by atoms with Crippen molar-refractivity contribution in [2.24, 2.45) is 0 Å². The quantitative estimate of drug-likeness (QED) is 0.154. The average Bonchev–Trinajstić information content (AvgIpc) is 2.78. The molecule has 0 aliphatic carbocycles. The molecule has 5 nitrogen and oxygen atoms in total. The highest BCUT2D eigenvalue weighted by Crippen LogP contribution is 2.09. The maximum Gasteiger partial charge on any atom is 0.266 e. The van der Waals surface area contributed by atoms with Gasteiger partial charge in [0.15, 0.2) is 0 Å². The third-order valence-corrected chi connectivity index (χ3v) is 4.86. The number of benzene rings is 1. The zero-order chi connectivity index (χ0) is 22.6. The molecule has 0 spiro atoms. The van der Waals surface area contributed by atoms with Crippen LogP contribution in [0.3, 0.4) is 0 Å². The summed E-state index contributed by atoms with van der Waals surface area (Å²) >= 11 is 0. The number of nitrogens with one attached hydrogen (secondary N) is 3. The van der Waals surface area contributed by atoms with Gasteiger partial charge in [0, 0.05) is 31.6 Å². The third-order valence-electron chi connectivity index (χ3n) is 4.86.